The van der Waals surface area contributed by atoms with Crippen LogP contribution < -0.4 is 0 Å². The molecule has 0 unspecified atom stereocenters. The van der Waals surface area contributed by atoms with E-state index >= 15 is 0 Å². The second-order valence-electron chi connectivity index (χ2n) is 1.83. The Bertz CT molecular complexity index is 183. The normalized spacial score (nSPS) is 10.0. The van der Waals surface area contributed by atoms with Crippen molar-refractivity contribution in [2.45, 2.75) is 20.3 Å². The second kappa shape index (κ2) is 2.92. The van der Waals surface area contributed by atoms with Crippen LogP contribution >= 0.6 is 11.3 Å². The van der Waals surface area contributed by atoms with Gasteiger partial charge in [-0.2, -0.15) is 6.92 Å². The van der Waals surface area contributed by atoms with E-state index in [0.717, 1.165) is 16.4 Å². The molecule has 50 valence electrons. The summed E-state index contributed by atoms with van der Waals surface area (Å²) in [6.45, 7) is 3.99. The molecule has 0 radical (unpaired) electrons. The molecule has 9 heavy (non-hydrogen) atoms. The number of rotatable bonds is 2. The van der Waals surface area contributed by atoms with E-state index in [0.29, 0.717) is 0 Å². The maximum Gasteiger partial charge on any atom is 0.114 e. The molecule has 0 amide bonds. The van der Waals surface area contributed by atoms with E-state index in [9.17, 15) is 0 Å². The molecule has 0 fully saturated rings. The largest absolute Gasteiger partial charge is 0.325 e. The van der Waals surface area contributed by atoms with E-state index in [1.165, 1.54) is 0 Å². The van der Waals surface area contributed by atoms with Crippen LogP contribution in [0.5, 0.6) is 0 Å². The predicted molar refractivity (Wildman–Crippen MR) is 38.3 cm³/mol. The molecule has 1 rings (SSSR count). The molecule has 0 aliphatic rings. The molecular formula is C6H9N2S-. The van der Waals surface area contributed by atoms with Crippen LogP contribution in [0.25, 0.3) is 0 Å². The summed E-state index contributed by atoms with van der Waals surface area (Å²) in [5, 5.41) is 9.98. The first kappa shape index (κ1) is 6.68. The Morgan fingerprint density at radius 3 is 2.78 bits per heavy atom. The Kier molecular flexibility index (Phi) is 2.16. The van der Waals surface area contributed by atoms with Crippen LogP contribution in [-0.4, -0.2) is 10.2 Å². The van der Waals surface area contributed by atoms with Gasteiger partial charge in [0.2, 0.25) is 0 Å². The van der Waals surface area contributed by atoms with Crippen LogP contribution in [-0.2, 0) is 6.42 Å². The molecule has 0 saturated carbocycles. The van der Waals surface area contributed by atoms with Gasteiger partial charge in [0.25, 0.3) is 0 Å². The Morgan fingerprint density at radius 2 is 2.33 bits per heavy atom. The van der Waals surface area contributed by atoms with E-state index in [-0.39, 0.29) is 0 Å². The first-order valence-corrected chi connectivity index (χ1v) is 3.71. The van der Waals surface area contributed by atoms with Gasteiger partial charge < -0.3 is 6.42 Å². The average molecular weight is 141 g/mol. The number of aromatic nitrogens is 2. The molecule has 0 aromatic carbocycles. The summed E-state index contributed by atoms with van der Waals surface area (Å²) in [4.78, 5) is 0. The lowest BCUT2D eigenvalue weighted by Crippen LogP contribution is -1.80. The lowest BCUT2D eigenvalue weighted by atomic mass is 10.4. The molecular weight excluding hydrogens is 132 g/mol. The van der Waals surface area contributed by atoms with Crippen molar-refractivity contribution in [2.24, 2.45) is 0 Å². The summed E-state index contributed by atoms with van der Waals surface area (Å²) in [7, 11) is 0. The molecule has 0 bridgehead atoms. The van der Waals surface area contributed by atoms with E-state index in [2.05, 4.69) is 16.6 Å². The molecule has 1 heterocycles. The molecule has 2 nitrogen and oxygen atoms in total. The van der Waals surface area contributed by atoms with Crippen molar-refractivity contribution < 1.29 is 0 Å². The molecule has 0 N–H and O–H groups in total. The smallest absolute Gasteiger partial charge is 0.114 e. The van der Waals surface area contributed by atoms with Gasteiger partial charge in [-0.05, 0) is 6.92 Å². The first-order valence-electron chi connectivity index (χ1n) is 2.89. The van der Waals surface area contributed by atoms with E-state index in [1.54, 1.807) is 11.3 Å². The summed E-state index contributed by atoms with van der Waals surface area (Å²) < 4.78 is 0. The van der Waals surface area contributed by atoms with Gasteiger partial charge in [0.15, 0.2) is 0 Å². The molecule has 1 aromatic rings. The Labute approximate surface area is 58.9 Å². The van der Waals surface area contributed by atoms with Crippen molar-refractivity contribution in [3.05, 3.63) is 16.4 Å². The van der Waals surface area contributed by atoms with Gasteiger partial charge in [-0.1, -0.05) is 0 Å². The van der Waals surface area contributed by atoms with Crippen LogP contribution in [0.3, 0.4) is 0 Å². The van der Waals surface area contributed by atoms with Crippen molar-refractivity contribution >= 4 is 11.3 Å². The second-order valence-corrected chi connectivity index (χ2v) is 3.09. The van der Waals surface area contributed by atoms with Gasteiger partial charge in [-0.3, -0.25) is 0 Å². The van der Waals surface area contributed by atoms with Crippen LogP contribution in [0.15, 0.2) is 0 Å². The van der Waals surface area contributed by atoms with Crippen LogP contribution in [0.2, 0.25) is 0 Å². The van der Waals surface area contributed by atoms with Crippen LogP contribution in [0, 0.1) is 13.3 Å². The monoisotopic (exact) mass is 141 g/mol. The third kappa shape index (κ3) is 1.75. The van der Waals surface area contributed by atoms with E-state index in [4.69, 9.17) is 0 Å². The number of aryl methyl sites for hydroxylation is 1. The van der Waals surface area contributed by atoms with Crippen molar-refractivity contribution in [1.82, 2.24) is 10.2 Å². The summed E-state index contributed by atoms with van der Waals surface area (Å²) in [6.07, 6.45) is 3.03. The standard InChI is InChI=1S/C6H9N2S/c1-3-4-6-8-7-5(2)9-6/h3H,4H2,1-2H3/q-1. The zero-order valence-corrected chi connectivity index (χ0v) is 6.40. The third-order valence-corrected chi connectivity index (χ3v) is 1.81. The molecule has 0 spiro atoms. The van der Waals surface area contributed by atoms with E-state index in [1.807, 2.05) is 13.8 Å². The maximum atomic E-state index is 3.94. The highest BCUT2D eigenvalue weighted by atomic mass is 32.1. The number of hydrogen-bond acceptors (Lipinski definition) is 3. The van der Waals surface area contributed by atoms with Gasteiger partial charge >= 0.3 is 0 Å². The van der Waals surface area contributed by atoms with Gasteiger partial charge in [-0.15, -0.1) is 28.0 Å². The van der Waals surface area contributed by atoms with Gasteiger partial charge in [0, 0.05) is 0 Å². The number of nitrogens with zero attached hydrogens (tertiary/aromatic N) is 2. The fourth-order valence-corrected chi connectivity index (χ4v) is 1.35. The molecule has 0 aliphatic heterocycles. The maximum absolute atomic E-state index is 3.94. The Morgan fingerprint density at radius 1 is 1.56 bits per heavy atom. The Hall–Kier alpha value is -0.440. The number of hydrogen-bond donors (Lipinski definition) is 0. The van der Waals surface area contributed by atoms with Crippen molar-refractivity contribution in [3.8, 4) is 0 Å². The highest BCUT2D eigenvalue weighted by molar-refractivity contribution is 7.11. The Balaban J connectivity index is 2.61. The third-order valence-electron chi connectivity index (χ3n) is 0.947. The van der Waals surface area contributed by atoms with Crippen molar-refractivity contribution in [1.29, 1.82) is 0 Å². The lowest BCUT2D eigenvalue weighted by Gasteiger charge is -1.94. The van der Waals surface area contributed by atoms with Crippen LogP contribution in [0.1, 0.15) is 16.9 Å². The minimum Gasteiger partial charge on any atom is -0.325 e. The molecule has 3 heteroatoms. The van der Waals surface area contributed by atoms with Crippen molar-refractivity contribution in [2.75, 3.05) is 0 Å². The average Bonchev–Trinajstić information content (AvgIpc) is 2.17. The summed E-state index contributed by atoms with van der Waals surface area (Å²) >= 11 is 1.66. The van der Waals surface area contributed by atoms with Gasteiger partial charge in [0.1, 0.15) is 5.01 Å². The summed E-state index contributed by atoms with van der Waals surface area (Å²) in [5.41, 5.74) is 0. The summed E-state index contributed by atoms with van der Waals surface area (Å²) in [5.74, 6) is 0. The molecule has 1 aromatic heterocycles. The molecule has 0 atom stereocenters. The minimum atomic E-state index is 0.950. The zero-order valence-electron chi connectivity index (χ0n) is 5.59. The lowest BCUT2D eigenvalue weighted by molar-refractivity contribution is 0.971. The zero-order chi connectivity index (χ0) is 6.69. The predicted octanol–water partition coefficient (Wildman–Crippen LogP) is 1.61. The van der Waals surface area contributed by atoms with Crippen LogP contribution in [0.4, 0.5) is 0 Å². The highest BCUT2D eigenvalue weighted by Gasteiger charge is 1.91. The van der Waals surface area contributed by atoms with Crippen molar-refractivity contribution in [3.63, 3.8) is 0 Å². The fourth-order valence-electron chi connectivity index (χ4n) is 0.595. The quantitative estimate of drug-likeness (QED) is 0.585. The summed E-state index contributed by atoms with van der Waals surface area (Å²) in [6, 6.07) is 0. The highest BCUT2D eigenvalue weighted by Crippen LogP contribution is 2.08. The van der Waals surface area contributed by atoms with E-state index < -0.39 is 0 Å². The minimum absolute atomic E-state index is 0.950. The SMILES string of the molecule is C[CH-]Cc1nnc(C)s1. The van der Waals surface area contributed by atoms with Gasteiger partial charge in [-0.25, -0.2) is 0 Å². The van der Waals surface area contributed by atoms with Gasteiger partial charge in [0.05, 0.1) is 5.01 Å². The fraction of sp³-hybridized carbons (Fsp3) is 0.500. The topological polar surface area (TPSA) is 25.8 Å². The molecule has 0 saturated heterocycles. The molecule has 0 aliphatic carbocycles. The first-order chi connectivity index (χ1) is 4.33.